The van der Waals surface area contributed by atoms with Crippen LogP contribution in [0.4, 0.5) is 5.82 Å². The van der Waals surface area contributed by atoms with Crippen molar-refractivity contribution in [3.05, 3.63) is 88.8 Å². The number of nitrogens with two attached hydrogens (primary N) is 1. The Bertz CT molecular complexity index is 1400. The molecule has 2 aromatic heterocycles. The van der Waals surface area contributed by atoms with E-state index in [0.717, 1.165) is 39.3 Å². The summed E-state index contributed by atoms with van der Waals surface area (Å²) in [7, 11) is 0. The number of ether oxygens (including phenoxy) is 1. The van der Waals surface area contributed by atoms with Crippen molar-refractivity contribution in [1.82, 2.24) is 10.1 Å². The largest absolute Gasteiger partial charge is 0.488 e. The first kappa shape index (κ1) is 22.9. The highest BCUT2D eigenvalue weighted by Gasteiger charge is 2.28. The van der Waals surface area contributed by atoms with E-state index in [-0.39, 0.29) is 11.9 Å². The van der Waals surface area contributed by atoms with Crippen LogP contribution in [0.5, 0.6) is 5.75 Å². The highest BCUT2D eigenvalue weighted by Crippen LogP contribution is 2.43. The molecule has 5 rings (SSSR count). The lowest BCUT2D eigenvalue weighted by Gasteiger charge is -2.10. The zero-order valence-electron chi connectivity index (χ0n) is 19.2. The van der Waals surface area contributed by atoms with Gasteiger partial charge in [0.25, 0.3) is 0 Å². The standard InChI is InChI=1S/C28H24ClN3O3/c1-17-26(27(32-35-17)19-5-3-2-4-6-19)20-13-21-14-23(34-28(21)24(29)15-20)11-10-22(33)9-7-18-8-12-25(30)31-16-18/h2-9,12-13,15-16,23H,10-11,14H2,1H3,(H2,30,31)/b9-7+. The van der Waals surface area contributed by atoms with Gasteiger partial charge >= 0.3 is 0 Å². The van der Waals surface area contributed by atoms with Crippen LogP contribution >= 0.6 is 11.6 Å². The molecule has 176 valence electrons. The van der Waals surface area contributed by atoms with Crippen molar-refractivity contribution in [3.63, 3.8) is 0 Å². The third-order valence-electron chi connectivity index (χ3n) is 6.03. The highest BCUT2D eigenvalue weighted by atomic mass is 35.5. The van der Waals surface area contributed by atoms with Crippen molar-refractivity contribution >= 4 is 29.3 Å². The number of hydrogen-bond donors (Lipinski definition) is 1. The Labute approximate surface area is 208 Å². The number of carbonyl (C=O) groups is 1. The number of nitrogens with zero attached hydrogens (tertiary/aromatic N) is 2. The Morgan fingerprint density at radius 2 is 2.00 bits per heavy atom. The lowest BCUT2D eigenvalue weighted by atomic mass is 9.96. The lowest BCUT2D eigenvalue weighted by Crippen LogP contribution is -2.14. The summed E-state index contributed by atoms with van der Waals surface area (Å²) in [5.74, 6) is 1.89. The van der Waals surface area contributed by atoms with Gasteiger partial charge in [-0.3, -0.25) is 4.79 Å². The number of pyridine rings is 1. The maximum Gasteiger partial charge on any atom is 0.155 e. The summed E-state index contributed by atoms with van der Waals surface area (Å²) in [6.07, 6.45) is 6.51. The van der Waals surface area contributed by atoms with E-state index < -0.39 is 0 Å². The van der Waals surface area contributed by atoms with E-state index in [1.54, 1.807) is 24.4 Å². The molecule has 0 bridgehead atoms. The Kier molecular flexibility index (Phi) is 6.38. The highest BCUT2D eigenvalue weighted by molar-refractivity contribution is 6.32. The fraction of sp³-hybridized carbons (Fsp3) is 0.179. The number of benzene rings is 2. The molecule has 1 aliphatic rings. The molecule has 6 nitrogen and oxygen atoms in total. The summed E-state index contributed by atoms with van der Waals surface area (Å²) < 4.78 is 11.6. The predicted molar refractivity (Wildman–Crippen MR) is 137 cm³/mol. The summed E-state index contributed by atoms with van der Waals surface area (Å²) in [6, 6.07) is 17.4. The Hall–Kier alpha value is -3.90. The molecule has 0 saturated carbocycles. The maximum absolute atomic E-state index is 12.4. The zero-order valence-corrected chi connectivity index (χ0v) is 20.0. The molecule has 1 aliphatic heterocycles. The monoisotopic (exact) mass is 485 g/mol. The van der Waals surface area contributed by atoms with E-state index in [4.69, 9.17) is 26.6 Å². The molecule has 0 amide bonds. The molecule has 1 unspecified atom stereocenters. The smallest absolute Gasteiger partial charge is 0.155 e. The minimum atomic E-state index is -0.106. The van der Waals surface area contributed by atoms with Crippen LogP contribution in [0, 0.1) is 6.92 Å². The van der Waals surface area contributed by atoms with Crippen molar-refractivity contribution in [1.29, 1.82) is 0 Å². The molecule has 4 aromatic rings. The topological polar surface area (TPSA) is 91.2 Å². The number of fused-ring (bicyclic) bond motifs is 1. The second-order valence-corrected chi connectivity index (χ2v) is 8.98. The van der Waals surface area contributed by atoms with Crippen molar-refractivity contribution in [2.45, 2.75) is 32.3 Å². The van der Waals surface area contributed by atoms with Gasteiger partial charge in [-0.1, -0.05) is 47.1 Å². The molecular weight excluding hydrogens is 462 g/mol. The number of aromatic nitrogens is 2. The van der Waals surface area contributed by atoms with Gasteiger partial charge in [0.1, 0.15) is 29.1 Å². The molecule has 0 spiro atoms. The Balaban J connectivity index is 1.29. The molecule has 35 heavy (non-hydrogen) atoms. The van der Waals surface area contributed by atoms with Crippen LogP contribution in [-0.2, 0) is 11.2 Å². The molecule has 0 saturated heterocycles. The van der Waals surface area contributed by atoms with Gasteiger partial charge in [-0.15, -0.1) is 0 Å². The summed E-state index contributed by atoms with van der Waals surface area (Å²) in [6.45, 7) is 1.90. The number of carbonyl (C=O) groups excluding carboxylic acids is 1. The molecular formula is C28H24ClN3O3. The van der Waals surface area contributed by atoms with E-state index in [1.807, 2.05) is 49.4 Å². The van der Waals surface area contributed by atoms with E-state index in [1.165, 1.54) is 0 Å². The summed E-state index contributed by atoms with van der Waals surface area (Å²) >= 11 is 6.63. The van der Waals surface area contributed by atoms with Gasteiger partial charge < -0.3 is 15.0 Å². The number of rotatable bonds is 7. The van der Waals surface area contributed by atoms with Gasteiger partial charge in [-0.05, 0) is 66.5 Å². The molecule has 2 aromatic carbocycles. The molecule has 0 aliphatic carbocycles. The fourth-order valence-electron chi connectivity index (χ4n) is 4.29. The van der Waals surface area contributed by atoms with Gasteiger partial charge in [0.05, 0.1) is 10.6 Å². The number of anilines is 1. The van der Waals surface area contributed by atoms with E-state index in [0.29, 0.717) is 35.9 Å². The first-order valence-electron chi connectivity index (χ1n) is 11.4. The van der Waals surface area contributed by atoms with Crippen LogP contribution in [0.1, 0.15) is 29.7 Å². The number of nitrogen functional groups attached to an aromatic ring is 1. The van der Waals surface area contributed by atoms with E-state index in [2.05, 4.69) is 16.2 Å². The predicted octanol–water partition coefficient (Wildman–Crippen LogP) is 6.31. The van der Waals surface area contributed by atoms with Gasteiger partial charge in [-0.2, -0.15) is 0 Å². The first-order chi connectivity index (χ1) is 17.0. The number of halogens is 1. The molecule has 7 heteroatoms. The molecule has 3 heterocycles. The average Bonchev–Trinajstić information content (AvgIpc) is 3.46. The van der Waals surface area contributed by atoms with Gasteiger partial charge in [-0.25, -0.2) is 4.98 Å². The van der Waals surface area contributed by atoms with Gasteiger partial charge in [0, 0.05) is 24.6 Å². The third-order valence-corrected chi connectivity index (χ3v) is 6.32. The van der Waals surface area contributed by atoms with Gasteiger partial charge in [0.2, 0.25) is 0 Å². The maximum atomic E-state index is 12.4. The number of ketones is 1. The Morgan fingerprint density at radius 3 is 2.77 bits per heavy atom. The second kappa shape index (κ2) is 9.76. The minimum Gasteiger partial charge on any atom is -0.488 e. The Morgan fingerprint density at radius 1 is 1.17 bits per heavy atom. The normalized spacial score (nSPS) is 14.7. The SMILES string of the molecule is Cc1onc(-c2ccccc2)c1-c1cc(Cl)c2c(c1)CC(CCC(=O)/C=C/c1ccc(N)nc1)O2. The zero-order chi connectivity index (χ0) is 24.4. The van der Waals surface area contributed by atoms with Crippen molar-refractivity contribution < 1.29 is 14.1 Å². The second-order valence-electron chi connectivity index (χ2n) is 8.57. The van der Waals surface area contributed by atoms with Crippen LogP contribution in [0.15, 0.2) is 71.4 Å². The van der Waals surface area contributed by atoms with Crippen molar-refractivity contribution in [3.8, 4) is 28.1 Å². The van der Waals surface area contributed by atoms with E-state index >= 15 is 0 Å². The lowest BCUT2D eigenvalue weighted by molar-refractivity contribution is -0.114. The van der Waals surface area contributed by atoms with Gasteiger partial charge in [0.15, 0.2) is 5.78 Å². The van der Waals surface area contributed by atoms with E-state index in [9.17, 15) is 4.79 Å². The number of allylic oxidation sites excluding steroid dienone is 1. The molecule has 0 fully saturated rings. The van der Waals surface area contributed by atoms with Crippen LogP contribution in [-0.4, -0.2) is 22.0 Å². The molecule has 0 radical (unpaired) electrons. The number of hydrogen-bond acceptors (Lipinski definition) is 6. The fourth-order valence-corrected chi connectivity index (χ4v) is 4.57. The van der Waals surface area contributed by atoms with Crippen molar-refractivity contribution in [2.75, 3.05) is 5.73 Å². The summed E-state index contributed by atoms with van der Waals surface area (Å²) in [5, 5.41) is 4.83. The number of aryl methyl sites for hydroxylation is 1. The van der Waals surface area contributed by atoms with Crippen LogP contribution < -0.4 is 10.5 Å². The first-order valence-corrected chi connectivity index (χ1v) is 11.8. The molecule has 1 atom stereocenters. The van der Waals surface area contributed by atoms with Crippen LogP contribution in [0.3, 0.4) is 0 Å². The molecule has 2 N–H and O–H groups in total. The quantitative estimate of drug-likeness (QED) is 0.308. The summed E-state index contributed by atoms with van der Waals surface area (Å²) in [4.78, 5) is 16.4. The third kappa shape index (κ3) is 4.98. The van der Waals surface area contributed by atoms with Crippen molar-refractivity contribution in [2.24, 2.45) is 0 Å². The summed E-state index contributed by atoms with van der Waals surface area (Å²) in [5.41, 5.74) is 11.1. The average molecular weight is 486 g/mol. The van der Waals surface area contributed by atoms with Crippen LogP contribution in [0.2, 0.25) is 5.02 Å². The minimum absolute atomic E-state index is 0.0285. The van der Waals surface area contributed by atoms with Crippen LogP contribution in [0.25, 0.3) is 28.5 Å².